The zero-order valence-corrected chi connectivity index (χ0v) is 11.2. The summed E-state index contributed by atoms with van der Waals surface area (Å²) in [5.41, 5.74) is 1.50. The number of hydrogen-bond donors (Lipinski definition) is 2. The van der Waals surface area contributed by atoms with Gasteiger partial charge in [-0.05, 0) is 37.3 Å². The van der Waals surface area contributed by atoms with Crippen LogP contribution in [0.3, 0.4) is 0 Å². The molecule has 2 aliphatic rings. The highest BCUT2D eigenvalue weighted by atomic mass is 15.0. The molecule has 1 saturated carbocycles. The molecule has 0 aromatic heterocycles. The summed E-state index contributed by atoms with van der Waals surface area (Å²) in [6.07, 6.45) is 3.98. The van der Waals surface area contributed by atoms with Gasteiger partial charge >= 0.3 is 0 Å². The molecule has 4 unspecified atom stereocenters. The average molecular weight is 244 g/mol. The standard InChI is InChI=1S/C16H24N2/c1-12-7-8-17-14(9-12)11-18-16-10-15(16)13-5-3-2-4-6-13/h2-6,12,14-18H,7-11H2,1H3. The van der Waals surface area contributed by atoms with Crippen molar-refractivity contribution in [3.63, 3.8) is 0 Å². The van der Waals surface area contributed by atoms with Gasteiger partial charge in [-0.3, -0.25) is 0 Å². The van der Waals surface area contributed by atoms with Crippen LogP contribution in [0.15, 0.2) is 30.3 Å². The maximum Gasteiger partial charge on any atom is 0.0195 e. The van der Waals surface area contributed by atoms with Crippen molar-refractivity contribution in [1.29, 1.82) is 0 Å². The van der Waals surface area contributed by atoms with Crippen LogP contribution in [0.25, 0.3) is 0 Å². The van der Waals surface area contributed by atoms with E-state index in [1.807, 2.05) is 0 Å². The molecule has 2 nitrogen and oxygen atoms in total. The second kappa shape index (κ2) is 5.41. The van der Waals surface area contributed by atoms with E-state index in [0.717, 1.165) is 18.4 Å². The summed E-state index contributed by atoms with van der Waals surface area (Å²) >= 11 is 0. The molecule has 2 fully saturated rings. The Morgan fingerprint density at radius 2 is 2.06 bits per heavy atom. The van der Waals surface area contributed by atoms with Crippen molar-refractivity contribution in [2.45, 2.75) is 44.2 Å². The highest BCUT2D eigenvalue weighted by molar-refractivity contribution is 5.27. The molecule has 1 saturated heterocycles. The molecule has 0 bridgehead atoms. The van der Waals surface area contributed by atoms with Crippen molar-refractivity contribution in [3.8, 4) is 0 Å². The van der Waals surface area contributed by atoms with Gasteiger partial charge in [-0.1, -0.05) is 37.3 Å². The third-order valence-corrected chi connectivity index (χ3v) is 4.40. The van der Waals surface area contributed by atoms with E-state index in [1.165, 1.54) is 31.4 Å². The second-order valence-electron chi connectivity index (χ2n) is 6.05. The van der Waals surface area contributed by atoms with Crippen LogP contribution in [0.4, 0.5) is 0 Å². The van der Waals surface area contributed by atoms with Gasteiger partial charge in [0, 0.05) is 24.5 Å². The molecule has 4 atom stereocenters. The summed E-state index contributed by atoms with van der Waals surface area (Å²) in [7, 11) is 0. The molecule has 0 amide bonds. The summed E-state index contributed by atoms with van der Waals surface area (Å²) in [6.45, 7) is 4.70. The number of piperidine rings is 1. The lowest BCUT2D eigenvalue weighted by atomic mass is 9.94. The molecule has 18 heavy (non-hydrogen) atoms. The summed E-state index contributed by atoms with van der Waals surface area (Å²) in [5.74, 6) is 1.65. The summed E-state index contributed by atoms with van der Waals surface area (Å²) in [4.78, 5) is 0. The Balaban J connectivity index is 1.43. The Kier molecular flexibility index (Phi) is 3.67. The Hall–Kier alpha value is -0.860. The SMILES string of the molecule is CC1CCNC(CNC2CC2c2ccccc2)C1. The van der Waals surface area contributed by atoms with E-state index in [2.05, 4.69) is 47.9 Å². The van der Waals surface area contributed by atoms with E-state index in [0.29, 0.717) is 12.1 Å². The Morgan fingerprint density at radius 1 is 1.22 bits per heavy atom. The van der Waals surface area contributed by atoms with Crippen molar-refractivity contribution < 1.29 is 0 Å². The van der Waals surface area contributed by atoms with Crippen molar-refractivity contribution in [1.82, 2.24) is 10.6 Å². The molecular formula is C16H24N2. The first-order chi connectivity index (χ1) is 8.83. The minimum absolute atomic E-state index is 0.686. The maximum absolute atomic E-state index is 3.73. The van der Waals surface area contributed by atoms with Crippen LogP contribution in [-0.2, 0) is 0 Å². The third kappa shape index (κ3) is 2.93. The first-order valence-corrected chi connectivity index (χ1v) is 7.34. The van der Waals surface area contributed by atoms with Crippen LogP contribution < -0.4 is 10.6 Å². The van der Waals surface area contributed by atoms with Crippen molar-refractivity contribution in [2.24, 2.45) is 5.92 Å². The highest BCUT2D eigenvalue weighted by Gasteiger charge is 2.38. The van der Waals surface area contributed by atoms with Gasteiger partial charge in [0.15, 0.2) is 0 Å². The normalized spacial score (nSPS) is 35.4. The smallest absolute Gasteiger partial charge is 0.0195 e. The van der Waals surface area contributed by atoms with E-state index in [1.54, 1.807) is 0 Å². The molecule has 1 aromatic carbocycles. The quantitative estimate of drug-likeness (QED) is 0.850. The molecule has 1 heterocycles. The van der Waals surface area contributed by atoms with E-state index in [9.17, 15) is 0 Å². The van der Waals surface area contributed by atoms with Crippen LogP contribution in [0.5, 0.6) is 0 Å². The minimum Gasteiger partial charge on any atom is -0.313 e. The fraction of sp³-hybridized carbons (Fsp3) is 0.625. The van der Waals surface area contributed by atoms with E-state index in [4.69, 9.17) is 0 Å². The van der Waals surface area contributed by atoms with Crippen LogP contribution in [0, 0.1) is 5.92 Å². The monoisotopic (exact) mass is 244 g/mol. The van der Waals surface area contributed by atoms with Gasteiger partial charge in [0.05, 0.1) is 0 Å². The third-order valence-electron chi connectivity index (χ3n) is 4.40. The predicted octanol–water partition coefficient (Wildman–Crippen LogP) is 2.52. The van der Waals surface area contributed by atoms with Crippen molar-refractivity contribution >= 4 is 0 Å². The van der Waals surface area contributed by atoms with Gasteiger partial charge in [0.25, 0.3) is 0 Å². The Bertz CT molecular complexity index is 376. The molecule has 1 aromatic rings. The second-order valence-corrected chi connectivity index (χ2v) is 6.05. The molecule has 2 heteroatoms. The lowest BCUT2D eigenvalue weighted by molar-refractivity contribution is 0.310. The topological polar surface area (TPSA) is 24.1 Å². The van der Waals surface area contributed by atoms with Gasteiger partial charge in [-0.2, -0.15) is 0 Å². The van der Waals surface area contributed by atoms with E-state index in [-0.39, 0.29) is 0 Å². The maximum atomic E-state index is 3.73. The molecule has 3 rings (SSSR count). The average Bonchev–Trinajstić information content (AvgIpc) is 3.17. The molecule has 1 aliphatic heterocycles. The van der Waals surface area contributed by atoms with Gasteiger partial charge in [0.1, 0.15) is 0 Å². The van der Waals surface area contributed by atoms with Gasteiger partial charge in [0.2, 0.25) is 0 Å². The number of hydrogen-bond acceptors (Lipinski definition) is 2. The first-order valence-electron chi connectivity index (χ1n) is 7.34. The lowest BCUT2D eigenvalue weighted by Crippen LogP contribution is -2.44. The zero-order chi connectivity index (χ0) is 12.4. The largest absolute Gasteiger partial charge is 0.313 e. The van der Waals surface area contributed by atoms with E-state index < -0.39 is 0 Å². The minimum atomic E-state index is 0.686. The summed E-state index contributed by atoms with van der Waals surface area (Å²) in [6, 6.07) is 12.3. The predicted molar refractivity (Wildman–Crippen MR) is 75.8 cm³/mol. The van der Waals surface area contributed by atoms with Crippen molar-refractivity contribution in [3.05, 3.63) is 35.9 Å². The summed E-state index contributed by atoms with van der Waals surface area (Å²) < 4.78 is 0. The Morgan fingerprint density at radius 3 is 2.83 bits per heavy atom. The van der Waals surface area contributed by atoms with Gasteiger partial charge in [-0.25, -0.2) is 0 Å². The van der Waals surface area contributed by atoms with Crippen LogP contribution in [0.2, 0.25) is 0 Å². The highest BCUT2D eigenvalue weighted by Crippen LogP contribution is 2.40. The van der Waals surface area contributed by atoms with Crippen LogP contribution in [-0.4, -0.2) is 25.2 Å². The molecular weight excluding hydrogens is 220 g/mol. The van der Waals surface area contributed by atoms with E-state index >= 15 is 0 Å². The van der Waals surface area contributed by atoms with Crippen molar-refractivity contribution in [2.75, 3.05) is 13.1 Å². The molecule has 0 spiro atoms. The van der Waals surface area contributed by atoms with Crippen LogP contribution >= 0.6 is 0 Å². The fourth-order valence-corrected chi connectivity index (χ4v) is 3.16. The zero-order valence-electron chi connectivity index (χ0n) is 11.2. The lowest BCUT2D eigenvalue weighted by Gasteiger charge is -2.28. The fourth-order valence-electron chi connectivity index (χ4n) is 3.16. The molecule has 2 N–H and O–H groups in total. The number of benzene rings is 1. The number of nitrogens with one attached hydrogen (secondary N) is 2. The number of rotatable bonds is 4. The van der Waals surface area contributed by atoms with Gasteiger partial charge < -0.3 is 10.6 Å². The first kappa shape index (κ1) is 12.2. The van der Waals surface area contributed by atoms with Crippen LogP contribution in [0.1, 0.15) is 37.7 Å². The van der Waals surface area contributed by atoms with Gasteiger partial charge in [-0.15, -0.1) is 0 Å². The molecule has 1 aliphatic carbocycles. The summed E-state index contributed by atoms with van der Waals surface area (Å²) in [5, 5.41) is 7.36. The molecule has 98 valence electrons. The Labute approximate surface area is 110 Å². The molecule has 0 radical (unpaired) electrons.